The average molecular weight is 416 g/mol. The lowest BCUT2D eigenvalue weighted by Crippen LogP contribution is -2.10. The molecule has 0 unspecified atom stereocenters. The number of hydrogen-bond acceptors (Lipinski definition) is 4. The van der Waals surface area contributed by atoms with Crippen molar-refractivity contribution in [3.05, 3.63) is 53.2 Å². The van der Waals surface area contributed by atoms with Gasteiger partial charge in [0.15, 0.2) is 5.69 Å². The van der Waals surface area contributed by atoms with Crippen LogP contribution >= 0.6 is 0 Å². The summed E-state index contributed by atoms with van der Waals surface area (Å²) in [6, 6.07) is 5.51. The van der Waals surface area contributed by atoms with E-state index in [-0.39, 0.29) is 36.2 Å². The van der Waals surface area contributed by atoms with Gasteiger partial charge in [-0.05, 0) is 37.1 Å². The zero-order valence-corrected chi connectivity index (χ0v) is 14.8. The molecule has 1 aromatic carbocycles. The molecule has 0 atom stereocenters. The molecule has 154 valence electrons. The molecule has 1 fully saturated rings. The molecule has 0 amide bonds. The number of rotatable bonds is 5. The Morgan fingerprint density at radius 3 is 2.41 bits per heavy atom. The van der Waals surface area contributed by atoms with E-state index in [1.807, 2.05) is 0 Å². The van der Waals surface area contributed by atoms with Gasteiger partial charge in [-0.1, -0.05) is 6.07 Å². The van der Waals surface area contributed by atoms with Crippen molar-refractivity contribution < 1.29 is 30.8 Å². The maximum absolute atomic E-state index is 12.9. The molecule has 5 nitrogen and oxygen atoms in total. The number of nitrogens with zero attached hydrogens (tertiary/aromatic N) is 4. The molecule has 2 heterocycles. The van der Waals surface area contributed by atoms with Gasteiger partial charge in [0.25, 0.3) is 0 Å². The maximum atomic E-state index is 12.9. The molecule has 1 aliphatic rings. The fourth-order valence-corrected chi connectivity index (χ4v) is 2.96. The van der Waals surface area contributed by atoms with Crippen LogP contribution < -0.4 is 0 Å². The molecule has 0 spiro atoms. The van der Waals surface area contributed by atoms with Crippen LogP contribution in [0.3, 0.4) is 0 Å². The Kier molecular flexibility index (Phi) is 4.62. The van der Waals surface area contributed by atoms with Crippen LogP contribution in [0, 0.1) is 0 Å². The van der Waals surface area contributed by atoms with Gasteiger partial charge in [-0.2, -0.15) is 31.4 Å². The first-order valence-corrected chi connectivity index (χ1v) is 8.76. The zero-order valence-electron chi connectivity index (χ0n) is 14.8. The monoisotopic (exact) mass is 416 g/mol. The number of benzene rings is 1. The molecule has 3 aromatic rings. The first-order chi connectivity index (χ1) is 13.6. The smallest absolute Gasteiger partial charge is 0.421 e. The van der Waals surface area contributed by atoms with Crippen LogP contribution in [-0.4, -0.2) is 20.0 Å². The van der Waals surface area contributed by atoms with Crippen molar-refractivity contribution in [2.75, 3.05) is 0 Å². The molecule has 11 heteroatoms. The fourth-order valence-electron chi connectivity index (χ4n) is 2.96. The molecule has 0 bridgehead atoms. The van der Waals surface area contributed by atoms with Crippen LogP contribution in [0.1, 0.15) is 41.6 Å². The highest BCUT2D eigenvalue weighted by atomic mass is 19.4. The van der Waals surface area contributed by atoms with Crippen molar-refractivity contribution in [2.24, 2.45) is 0 Å². The largest absolute Gasteiger partial charge is 0.435 e. The number of halogens is 6. The number of hydrogen-bond donors (Lipinski definition) is 0. The second kappa shape index (κ2) is 6.89. The third-order valence-corrected chi connectivity index (χ3v) is 4.54. The van der Waals surface area contributed by atoms with E-state index < -0.39 is 23.6 Å². The Labute approximate surface area is 160 Å². The van der Waals surface area contributed by atoms with E-state index in [0.29, 0.717) is 5.69 Å². The van der Waals surface area contributed by atoms with Crippen LogP contribution in [0.2, 0.25) is 0 Å². The summed E-state index contributed by atoms with van der Waals surface area (Å²) in [4.78, 5) is 0. The van der Waals surface area contributed by atoms with Gasteiger partial charge < -0.3 is 4.42 Å². The Balaban J connectivity index is 1.50. The highest BCUT2D eigenvalue weighted by Gasteiger charge is 2.37. The molecule has 0 aliphatic heterocycles. The van der Waals surface area contributed by atoms with E-state index >= 15 is 0 Å². The Hall–Kier alpha value is -2.85. The Morgan fingerprint density at radius 2 is 1.76 bits per heavy atom. The SMILES string of the molecule is FC(F)(F)c1cccc(-c2nnc(CCn3nc(C(F)(F)F)cc3C3CC3)o2)c1. The van der Waals surface area contributed by atoms with E-state index in [1.54, 1.807) is 0 Å². The van der Waals surface area contributed by atoms with Crippen molar-refractivity contribution in [1.82, 2.24) is 20.0 Å². The first-order valence-electron chi connectivity index (χ1n) is 8.76. The summed E-state index contributed by atoms with van der Waals surface area (Å²) in [6.45, 7) is 0.0894. The molecule has 1 aliphatic carbocycles. The number of aryl methyl sites for hydroxylation is 2. The van der Waals surface area contributed by atoms with Gasteiger partial charge in [-0.3, -0.25) is 4.68 Å². The average Bonchev–Trinajstić information content (AvgIpc) is 3.21. The second-order valence-electron chi connectivity index (χ2n) is 6.78. The van der Waals surface area contributed by atoms with Gasteiger partial charge in [0.05, 0.1) is 5.56 Å². The first kappa shape index (κ1) is 19.5. The van der Waals surface area contributed by atoms with Crippen molar-refractivity contribution in [3.8, 4) is 11.5 Å². The van der Waals surface area contributed by atoms with E-state index in [9.17, 15) is 26.3 Å². The topological polar surface area (TPSA) is 56.7 Å². The predicted octanol–water partition coefficient (Wildman–Crippen LogP) is 5.09. The van der Waals surface area contributed by atoms with Gasteiger partial charge in [0.2, 0.25) is 11.8 Å². The standard InChI is InChI=1S/C18H14F6N4O/c19-17(20,21)12-3-1-2-11(8-12)16-26-25-15(29-16)6-7-28-13(10-4-5-10)9-14(27-28)18(22,23)24/h1-3,8-10H,4-7H2. The summed E-state index contributed by atoms with van der Waals surface area (Å²) in [6.07, 6.45) is -7.32. The van der Waals surface area contributed by atoms with E-state index in [2.05, 4.69) is 15.3 Å². The summed E-state index contributed by atoms with van der Waals surface area (Å²) in [7, 11) is 0. The molecule has 0 N–H and O–H groups in total. The minimum Gasteiger partial charge on any atom is -0.421 e. The zero-order chi connectivity index (χ0) is 20.8. The third-order valence-electron chi connectivity index (χ3n) is 4.54. The van der Waals surface area contributed by atoms with Crippen LogP contribution in [0.4, 0.5) is 26.3 Å². The van der Waals surface area contributed by atoms with Crippen molar-refractivity contribution in [1.29, 1.82) is 0 Å². The predicted molar refractivity (Wildman–Crippen MR) is 87.6 cm³/mol. The Bertz CT molecular complexity index is 1020. The molecular formula is C18H14F6N4O. The highest BCUT2D eigenvalue weighted by Crippen LogP contribution is 2.42. The van der Waals surface area contributed by atoms with Gasteiger partial charge in [0.1, 0.15) is 0 Å². The van der Waals surface area contributed by atoms with Gasteiger partial charge in [-0.15, -0.1) is 10.2 Å². The van der Waals surface area contributed by atoms with Crippen molar-refractivity contribution in [3.63, 3.8) is 0 Å². The summed E-state index contributed by atoms with van der Waals surface area (Å²) < 4.78 is 84.0. The summed E-state index contributed by atoms with van der Waals surface area (Å²) in [5.41, 5.74) is -1.18. The molecule has 0 saturated heterocycles. The molecule has 1 saturated carbocycles. The minimum atomic E-state index is -4.53. The fraction of sp³-hybridized carbons (Fsp3) is 0.389. The maximum Gasteiger partial charge on any atom is 0.435 e. The van der Waals surface area contributed by atoms with Crippen molar-refractivity contribution in [2.45, 2.75) is 44.1 Å². The van der Waals surface area contributed by atoms with E-state index in [0.717, 1.165) is 31.0 Å². The van der Waals surface area contributed by atoms with Gasteiger partial charge in [-0.25, -0.2) is 0 Å². The summed E-state index contributed by atoms with van der Waals surface area (Å²) >= 11 is 0. The van der Waals surface area contributed by atoms with Crippen LogP contribution in [0.15, 0.2) is 34.7 Å². The quantitative estimate of drug-likeness (QED) is 0.544. The minimum absolute atomic E-state index is 0.0574. The van der Waals surface area contributed by atoms with E-state index in [4.69, 9.17) is 4.42 Å². The molecule has 2 aromatic heterocycles. The normalized spacial score (nSPS) is 15.1. The lowest BCUT2D eigenvalue weighted by atomic mass is 10.1. The lowest BCUT2D eigenvalue weighted by molar-refractivity contribution is -0.141. The second-order valence-corrected chi connectivity index (χ2v) is 6.78. The molecule has 4 rings (SSSR count). The van der Waals surface area contributed by atoms with Crippen LogP contribution in [0.25, 0.3) is 11.5 Å². The molecule has 0 radical (unpaired) electrons. The summed E-state index contributed by atoms with van der Waals surface area (Å²) in [5, 5.41) is 11.2. The van der Waals surface area contributed by atoms with Gasteiger partial charge in [0, 0.05) is 30.1 Å². The van der Waals surface area contributed by atoms with Crippen LogP contribution in [0.5, 0.6) is 0 Å². The highest BCUT2D eigenvalue weighted by molar-refractivity contribution is 5.54. The summed E-state index contributed by atoms with van der Waals surface area (Å²) in [5.74, 6) is 0.0649. The third kappa shape index (κ3) is 4.28. The van der Waals surface area contributed by atoms with Crippen LogP contribution in [-0.2, 0) is 25.3 Å². The molecule has 29 heavy (non-hydrogen) atoms. The number of aromatic nitrogens is 4. The Morgan fingerprint density at radius 1 is 1.00 bits per heavy atom. The van der Waals surface area contributed by atoms with Crippen molar-refractivity contribution >= 4 is 0 Å². The van der Waals surface area contributed by atoms with Gasteiger partial charge >= 0.3 is 12.4 Å². The van der Waals surface area contributed by atoms with E-state index in [1.165, 1.54) is 16.8 Å². The molecular weight excluding hydrogens is 402 g/mol. The lowest BCUT2D eigenvalue weighted by Gasteiger charge is -2.06. The number of alkyl halides is 6.